The molecule has 1 atom stereocenters. The molecule has 1 heterocycles. The van der Waals surface area contributed by atoms with Gasteiger partial charge in [-0.15, -0.1) is 0 Å². The third kappa shape index (κ3) is 4.11. The molecular weight excluding hydrogens is 271 g/mol. The van der Waals surface area contributed by atoms with Crippen molar-refractivity contribution >= 4 is 12.2 Å². The number of aldehydes is 1. The SMILES string of the molecule is CN(Cc1ccccc1F)C(=O)CN1CCCCC1C=O. The number of rotatable bonds is 5. The van der Waals surface area contributed by atoms with Crippen molar-refractivity contribution in [1.29, 1.82) is 0 Å². The van der Waals surface area contributed by atoms with Crippen LogP contribution in [0.1, 0.15) is 24.8 Å². The van der Waals surface area contributed by atoms with Gasteiger partial charge < -0.3 is 9.69 Å². The minimum absolute atomic E-state index is 0.0907. The Morgan fingerprint density at radius 2 is 2.19 bits per heavy atom. The summed E-state index contributed by atoms with van der Waals surface area (Å²) in [7, 11) is 1.66. The summed E-state index contributed by atoms with van der Waals surface area (Å²) in [5, 5.41) is 0. The Hall–Kier alpha value is -1.75. The van der Waals surface area contributed by atoms with Crippen molar-refractivity contribution in [3.8, 4) is 0 Å². The first kappa shape index (κ1) is 15.6. The number of piperidine rings is 1. The Morgan fingerprint density at radius 3 is 2.90 bits per heavy atom. The molecule has 0 N–H and O–H groups in total. The van der Waals surface area contributed by atoms with E-state index in [-0.39, 0.29) is 30.9 Å². The summed E-state index contributed by atoms with van der Waals surface area (Å²) in [4.78, 5) is 26.7. The van der Waals surface area contributed by atoms with E-state index in [2.05, 4.69) is 0 Å². The zero-order valence-corrected chi connectivity index (χ0v) is 12.3. The lowest BCUT2D eigenvalue weighted by Crippen LogP contribution is -2.46. The molecule has 5 heteroatoms. The van der Waals surface area contributed by atoms with Gasteiger partial charge in [0, 0.05) is 19.2 Å². The molecule has 0 spiro atoms. The second-order valence-electron chi connectivity index (χ2n) is 5.51. The number of carbonyl (C=O) groups excluding carboxylic acids is 2. The summed E-state index contributed by atoms with van der Waals surface area (Å²) in [6.07, 6.45) is 3.77. The zero-order valence-electron chi connectivity index (χ0n) is 12.3. The standard InChI is InChI=1S/C16H21FN2O2/c1-18(10-13-6-2-3-8-15(13)17)16(21)11-19-9-5-4-7-14(19)12-20/h2-3,6,8,12,14H,4-5,7,9-11H2,1H3. The van der Waals surface area contributed by atoms with E-state index in [4.69, 9.17) is 0 Å². The average Bonchev–Trinajstić information content (AvgIpc) is 2.50. The maximum absolute atomic E-state index is 13.6. The first-order valence-corrected chi connectivity index (χ1v) is 7.28. The van der Waals surface area contributed by atoms with Gasteiger partial charge in [0.1, 0.15) is 12.1 Å². The molecule has 1 aromatic carbocycles. The third-order valence-electron chi connectivity index (χ3n) is 3.95. The molecule has 1 aliphatic heterocycles. The molecule has 0 bridgehead atoms. The van der Waals surface area contributed by atoms with Crippen LogP contribution < -0.4 is 0 Å². The molecule has 21 heavy (non-hydrogen) atoms. The predicted octanol–water partition coefficient (Wildman–Crippen LogP) is 1.84. The van der Waals surface area contributed by atoms with Gasteiger partial charge in [0.15, 0.2) is 0 Å². The molecule has 4 nitrogen and oxygen atoms in total. The number of hydrogen-bond donors (Lipinski definition) is 0. The fraction of sp³-hybridized carbons (Fsp3) is 0.500. The molecule has 2 rings (SSSR count). The quantitative estimate of drug-likeness (QED) is 0.778. The molecule has 114 valence electrons. The van der Waals surface area contributed by atoms with Gasteiger partial charge in [0.2, 0.25) is 5.91 Å². The highest BCUT2D eigenvalue weighted by Gasteiger charge is 2.25. The second-order valence-corrected chi connectivity index (χ2v) is 5.51. The van der Waals surface area contributed by atoms with Gasteiger partial charge in [0.25, 0.3) is 0 Å². The van der Waals surface area contributed by atoms with Crippen LogP contribution >= 0.6 is 0 Å². The number of benzene rings is 1. The van der Waals surface area contributed by atoms with E-state index < -0.39 is 0 Å². The lowest BCUT2D eigenvalue weighted by atomic mass is 10.0. The summed E-state index contributed by atoms with van der Waals surface area (Å²) in [5.74, 6) is -0.395. The highest BCUT2D eigenvalue weighted by atomic mass is 19.1. The maximum Gasteiger partial charge on any atom is 0.236 e. The summed E-state index contributed by atoms with van der Waals surface area (Å²) in [6.45, 7) is 1.22. The van der Waals surface area contributed by atoms with E-state index in [1.54, 1.807) is 25.2 Å². The van der Waals surface area contributed by atoms with Gasteiger partial charge in [-0.1, -0.05) is 24.6 Å². The van der Waals surface area contributed by atoms with Crippen molar-refractivity contribution in [3.63, 3.8) is 0 Å². The van der Waals surface area contributed by atoms with Gasteiger partial charge in [-0.05, 0) is 25.5 Å². The minimum atomic E-state index is -0.305. The average molecular weight is 292 g/mol. The first-order valence-electron chi connectivity index (χ1n) is 7.28. The molecule has 1 amide bonds. The van der Waals surface area contributed by atoms with E-state index in [1.807, 2.05) is 4.90 Å². The Balaban J connectivity index is 1.93. The van der Waals surface area contributed by atoms with E-state index in [1.165, 1.54) is 11.0 Å². The van der Waals surface area contributed by atoms with Crippen molar-refractivity contribution in [3.05, 3.63) is 35.6 Å². The number of likely N-dealkylation sites (N-methyl/N-ethyl adjacent to an activating group) is 1. The van der Waals surface area contributed by atoms with Crippen LogP contribution in [0.2, 0.25) is 0 Å². The van der Waals surface area contributed by atoms with E-state index >= 15 is 0 Å². The summed E-state index contributed by atoms with van der Waals surface area (Å²) in [6, 6.07) is 6.28. The Morgan fingerprint density at radius 1 is 1.43 bits per heavy atom. The fourth-order valence-electron chi connectivity index (χ4n) is 2.63. The van der Waals surface area contributed by atoms with Crippen molar-refractivity contribution in [2.24, 2.45) is 0 Å². The zero-order chi connectivity index (χ0) is 15.2. The normalized spacial score (nSPS) is 19.2. The van der Waals surface area contributed by atoms with Crippen LogP contribution in [-0.2, 0) is 16.1 Å². The second kappa shape index (κ2) is 7.31. The van der Waals surface area contributed by atoms with Crippen LogP contribution in [0.25, 0.3) is 0 Å². The first-order chi connectivity index (χ1) is 10.1. The van der Waals surface area contributed by atoms with Crippen molar-refractivity contribution in [2.75, 3.05) is 20.1 Å². The summed E-state index contributed by atoms with van der Waals surface area (Å²) in [5.41, 5.74) is 0.499. The molecule has 0 aromatic heterocycles. The molecule has 0 aliphatic carbocycles. The maximum atomic E-state index is 13.6. The summed E-state index contributed by atoms with van der Waals surface area (Å²) >= 11 is 0. The van der Waals surface area contributed by atoms with Gasteiger partial charge in [-0.2, -0.15) is 0 Å². The molecule has 1 aliphatic rings. The molecule has 1 saturated heterocycles. The number of nitrogens with zero attached hydrogens (tertiary/aromatic N) is 2. The van der Waals surface area contributed by atoms with Crippen LogP contribution in [-0.4, -0.2) is 48.2 Å². The van der Waals surface area contributed by atoms with Gasteiger partial charge in [-0.3, -0.25) is 9.69 Å². The van der Waals surface area contributed by atoms with Crippen LogP contribution in [0, 0.1) is 5.82 Å². The minimum Gasteiger partial charge on any atom is -0.340 e. The van der Waals surface area contributed by atoms with Crippen molar-refractivity contribution in [2.45, 2.75) is 31.8 Å². The van der Waals surface area contributed by atoms with E-state index in [0.29, 0.717) is 5.56 Å². The topological polar surface area (TPSA) is 40.6 Å². The van der Waals surface area contributed by atoms with Crippen LogP contribution in [0.5, 0.6) is 0 Å². The molecule has 0 saturated carbocycles. The molecule has 1 unspecified atom stereocenters. The monoisotopic (exact) mass is 292 g/mol. The number of amides is 1. The van der Waals surface area contributed by atoms with Crippen molar-refractivity contribution in [1.82, 2.24) is 9.80 Å². The van der Waals surface area contributed by atoms with E-state index in [9.17, 15) is 14.0 Å². The van der Waals surface area contributed by atoms with Gasteiger partial charge >= 0.3 is 0 Å². The number of carbonyl (C=O) groups is 2. The molecular formula is C16H21FN2O2. The number of likely N-dealkylation sites (tertiary alicyclic amines) is 1. The Kier molecular flexibility index (Phi) is 5.44. The molecule has 0 radical (unpaired) electrons. The highest BCUT2D eigenvalue weighted by Crippen LogP contribution is 2.16. The van der Waals surface area contributed by atoms with Crippen molar-refractivity contribution < 1.29 is 14.0 Å². The van der Waals surface area contributed by atoms with Crippen LogP contribution in [0.4, 0.5) is 4.39 Å². The Labute approximate surface area is 124 Å². The predicted molar refractivity (Wildman–Crippen MR) is 78.2 cm³/mol. The Bertz CT molecular complexity index is 507. The molecule has 1 aromatic rings. The smallest absolute Gasteiger partial charge is 0.236 e. The highest BCUT2D eigenvalue weighted by molar-refractivity contribution is 5.78. The van der Waals surface area contributed by atoms with Crippen LogP contribution in [0.3, 0.4) is 0 Å². The van der Waals surface area contributed by atoms with Gasteiger partial charge in [-0.25, -0.2) is 4.39 Å². The number of hydrogen-bond acceptors (Lipinski definition) is 3. The lowest BCUT2D eigenvalue weighted by molar-refractivity contribution is -0.133. The van der Waals surface area contributed by atoms with Crippen LogP contribution in [0.15, 0.2) is 24.3 Å². The largest absolute Gasteiger partial charge is 0.340 e. The molecule has 1 fully saturated rings. The van der Waals surface area contributed by atoms with E-state index in [0.717, 1.165) is 32.1 Å². The number of halogens is 1. The fourth-order valence-corrected chi connectivity index (χ4v) is 2.63. The van der Waals surface area contributed by atoms with Gasteiger partial charge in [0.05, 0.1) is 12.6 Å². The summed E-state index contributed by atoms with van der Waals surface area (Å²) < 4.78 is 13.6. The third-order valence-corrected chi connectivity index (χ3v) is 3.95. The lowest BCUT2D eigenvalue weighted by Gasteiger charge is -2.32.